The van der Waals surface area contributed by atoms with Gasteiger partial charge >= 0.3 is 0 Å². The smallest absolute Gasteiger partial charge is 0.284 e. The van der Waals surface area contributed by atoms with Gasteiger partial charge in [0.15, 0.2) is 16.6 Å². The van der Waals surface area contributed by atoms with Gasteiger partial charge in [-0.1, -0.05) is 33.8 Å². The zero-order chi connectivity index (χ0) is 19.8. The highest BCUT2D eigenvalue weighted by Crippen LogP contribution is 2.27. The lowest BCUT2D eigenvalue weighted by Gasteiger charge is -2.12. The largest absolute Gasteiger partial charge is 0.324 e. The van der Waals surface area contributed by atoms with Crippen LogP contribution < -0.4 is 11.1 Å². The van der Waals surface area contributed by atoms with Gasteiger partial charge < -0.3 is 4.98 Å². The summed E-state index contributed by atoms with van der Waals surface area (Å²) in [4.78, 5) is 34.9. The predicted octanol–water partition coefficient (Wildman–Crippen LogP) is 3.86. The Morgan fingerprint density at radius 2 is 2.04 bits per heavy atom. The van der Waals surface area contributed by atoms with Crippen molar-refractivity contribution < 1.29 is 8.78 Å². The van der Waals surface area contributed by atoms with Crippen molar-refractivity contribution in [2.24, 2.45) is 0 Å². The fourth-order valence-electron chi connectivity index (χ4n) is 2.48. The summed E-state index contributed by atoms with van der Waals surface area (Å²) in [5, 5.41) is 0.206. The average molecular weight is 483 g/mol. The number of aromatic amines is 1. The van der Waals surface area contributed by atoms with Crippen molar-refractivity contribution in [1.29, 1.82) is 0 Å². The SMILES string of the molecule is O=c1[nH]cc(-n2c(SCc3ccc(Br)cc3F)nc3ncsc3c2=O)cc1F. The number of H-pyrrole nitrogens is 1. The summed E-state index contributed by atoms with van der Waals surface area (Å²) >= 11 is 5.42. The van der Waals surface area contributed by atoms with E-state index in [1.807, 2.05) is 0 Å². The molecule has 0 spiro atoms. The third-order valence-electron chi connectivity index (χ3n) is 3.81. The minimum atomic E-state index is -1.02. The molecule has 6 nitrogen and oxygen atoms in total. The first-order valence-corrected chi connectivity index (χ1v) is 10.4. The molecule has 0 saturated carbocycles. The summed E-state index contributed by atoms with van der Waals surface area (Å²) in [7, 11) is 0. The Balaban J connectivity index is 1.83. The highest BCUT2D eigenvalue weighted by Gasteiger charge is 2.17. The van der Waals surface area contributed by atoms with Crippen LogP contribution in [0.2, 0.25) is 0 Å². The minimum absolute atomic E-state index is 0.115. The van der Waals surface area contributed by atoms with Crippen LogP contribution in [0, 0.1) is 11.6 Å². The molecule has 3 aromatic heterocycles. The van der Waals surface area contributed by atoms with Gasteiger partial charge in [0.05, 0.1) is 11.2 Å². The fraction of sp³-hybridized carbons (Fsp3) is 0.0588. The first-order chi connectivity index (χ1) is 13.4. The first-order valence-electron chi connectivity index (χ1n) is 7.75. The van der Waals surface area contributed by atoms with Crippen LogP contribution in [0.5, 0.6) is 0 Å². The summed E-state index contributed by atoms with van der Waals surface area (Å²) < 4.78 is 30.0. The van der Waals surface area contributed by atoms with E-state index in [0.717, 1.165) is 29.2 Å². The van der Waals surface area contributed by atoms with E-state index in [4.69, 9.17) is 0 Å². The molecule has 1 N–H and O–H groups in total. The molecular weight excluding hydrogens is 474 g/mol. The van der Waals surface area contributed by atoms with Crippen LogP contribution in [-0.2, 0) is 5.75 Å². The zero-order valence-electron chi connectivity index (χ0n) is 13.8. The summed E-state index contributed by atoms with van der Waals surface area (Å²) in [6.07, 6.45) is 1.23. The summed E-state index contributed by atoms with van der Waals surface area (Å²) in [5.74, 6) is -1.24. The average Bonchev–Trinajstić information content (AvgIpc) is 3.12. The number of nitrogens with zero attached hydrogens (tertiary/aromatic N) is 3. The Hall–Kier alpha value is -2.37. The third kappa shape index (κ3) is 3.52. The highest BCUT2D eigenvalue weighted by molar-refractivity contribution is 9.10. The van der Waals surface area contributed by atoms with Crippen molar-refractivity contribution in [2.45, 2.75) is 10.9 Å². The van der Waals surface area contributed by atoms with Crippen LogP contribution in [-0.4, -0.2) is 19.5 Å². The molecule has 1 aromatic carbocycles. The lowest BCUT2D eigenvalue weighted by molar-refractivity contribution is 0.605. The number of rotatable bonds is 4. The molecule has 28 heavy (non-hydrogen) atoms. The van der Waals surface area contributed by atoms with E-state index < -0.39 is 22.8 Å². The molecule has 0 amide bonds. The number of thiazole rings is 1. The number of halogens is 3. The maximum absolute atomic E-state index is 14.1. The monoisotopic (exact) mass is 482 g/mol. The summed E-state index contributed by atoms with van der Waals surface area (Å²) in [5.41, 5.74) is 0.936. The van der Waals surface area contributed by atoms with Crippen molar-refractivity contribution in [3.63, 3.8) is 0 Å². The standard InChI is InChI=1S/C17H9BrF2N4O2S2/c18-9-2-1-8(11(19)3-9)6-27-17-23-14-13(28-7-22-14)16(26)24(17)10-4-12(20)15(25)21-5-10/h1-5,7H,6H2,(H,21,25). The lowest BCUT2D eigenvalue weighted by Crippen LogP contribution is -2.23. The third-order valence-corrected chi connectivity index (χ3v) is 6.10. The maximum atomic E-state index is 14.1. The molecule has 4 aromatic rings. The van der Waals surface area contributed by atoms with E-state index >= 15 is 0 Å². The molecule has 4 rings (SSSR count). The Morgan fingerprint density at radius 3 is 2.79 bits per heavy atom. The molecule has 0 unspecified atom stereocenters. The zero-order valence-corrected chi connectivity index (χ0v) is 17.0. The molecule has 0 atom stereocenters. The molecular formula is C17H9BrF2N4O2S2. The van der Waals surface area contributed by atoms with Gasteiger partial charge in [0.1, 0.15) is 10.5 Å². The van der Waals surface area contributed by atoms with E-state index in [-0.39, 0.29) is 22.2 Å². The Morgan fingerprint density at radius 1 is 1.21 bits per heavy atom. The number of thioether (sulfide) groups is 1. The van der Waals surface area contributed by atoms with Gasteiger partial charge in [-0.05, 0) is 17.7 Å². The second-order valence-electron chi connectivity index (χ2n) is 5.60. The number of hydrogen-bond donors (Lipinski definition) is 1. The van der Waals surface area contributed by atoms with E-state index in [0.29, 0.717) is 14.7 Å². The van der Waals surface area contributed by atoms with E-state index in [9.17, 15) is 18.4 Å². The number of pyridine rings is 1. The summed E-state index contributed by atoms with van der Waals surface area (Å²) in [6.45, 7) is 0. The van der Waals surface area contributed by atoms with Gasteiger partial charge in [-0.3, -0.25) is 14.2 Å². The van der Waals surface area contributed by atoms with Crippen LogP contribution in [0.1, 0.15) is 5.56 Å². The van der Waals surface area contributed by atoms with Crippen molar-refractivity contribution in [3.05, 3.63) is 78.4 Å². The van der Waals surface area contributed by atoms with Crippen LogP contribution >= 0.6 is 39.0 Å². The Labute approximate surface area is 172 Å². The topological polar surface area (TPSA) is 80.6 Å². The second-order valence-corrected chi connectivity index (χ2v) is 8.31. The number of aromatic nitrogens is 4. The van der Waals surface area contributed by atoms with Gasteiger partial charge in [-0.2, -0.15) is 0 Å². The van der Waals surface area contributed by atoms with Gasteiger partial charge in [0.25, 0.3) is 11.1 Å². The molecule has 0 bridgehead atoms. The number of hydrogen-bond acceptors (Lipinski definition) is 6. The quantitative estimate of drug-likeness (QED) is 0.352. The molecule has 0 aliphatic heterocycles. The van der Waals surface area contributed by atoms with Crippen LogP contribution in [0.3, 0.4) is 0 Å². The van der Waals surface area contributed by atoms with Gasteiger partial charge in [-0.25, -0.2) is 18.7 Å². The second kappa shape index (κ2) is 7.57. The van der Waals surface area contributed by atoms with E-state index in [2.05, 4.69) is 30.9 Å². The van der Waals surface area contributed by atoms with Crippen molar-refractivity contribution >= 4 is 49.4 Å². The first kappa shape index (κ1) is 19.0. The Kier molecular flexibility index (Phi) is 5.13. The van der Waals surface area contributed by atoms with Crippen LogP contribution in [0.15, 0.2) is 55.2 Å². The number of nitrogens with one attached hydrogen (secondary N) is 1. The molecule has 0 fully saturated rings. The van der Waals surface area contributed by atoms with Gasteiger partial charge in [-0.15, -0.1) is 11.3 Å². The summed E-state index contributed by atoms with van der Waals surface area (Å²) in [6, 6.07) is 5.63. The van der Waals surface area contributed by atoms with Crippen molar-refractivity contribution in [1.82, 2.24) is 19.5 Å². The molecule has 0 aliphatic rings. The molecule has 0 saturated heterocycles. The highest BCUT2D eigenvalue weighted by atomic mass is 79.9. The van der Waals surface area contributed by atoms with Crippen LogP contribution in [0.25, 0.3) is 16.0 Å². The van der Waals surface area contributed by atoms with E-state index in [1.165, 1.54) is 22.3 Å². The number of benzene rings is 1. The van der Waals surface area contributed by atoms with Crippen LogP contribution in [0.4, 0.5) is 8.78 Å². The van der Waals surface area contributed by atoms with Crippen molar-refractivity contribution in [3.8, 4) is 5.69 Å². The fourth-order valence-corrected chi connectivity index (χ4v) is 4.45. The van der Waals surface area contributed by atoms with Gasteiger partial charge in [0, 0.05) is 22.5 Å². The van der Waals surface area contributed by atoms with Crippen molar-refractivity contribution in [2.75, 3.05) is 0 Å². The maximum Gasteiger partial charge on any atom is 0.284 e. The van der Waals surface area contributed by atoms with Gasteiger partial charge in [0.2, 0.25) is 0 Å². The predicted molar refractivity (Wildman–Crippen MR) is 107 cm³/mol. The van der Waals surface area contributed by atoms with E-state index in [1.54, 1.807) is 12.1 Å². The normalized spacial score (nSPS) is 11.2. The lowest BCUT2D eigenvalue weighted by atomic mass is 10.2. The molecule has 11 heteroatoms. The molecule has 0 radical (unpaired) electrons. The molecule has 3 heterocycles. The minimum Gasteiger partial charge on any atom is -0.324 e. The number of fused-ring (bicyclic) bond motifs is 1. The Bertz CT molecular complexity index is 1320. The molecule has 142 valence electrons. The molecule has 0 aliphatic carbocycles.